The SMILES string of the molecule is NC(=O)c1cnc(NC2CCCCC2)nc1Nc1ccccc1. The van der Waals surface area contributed by atoms with Gasteiger partial charge in [0.25, 0.3) is 5.91 Å². The lowest BCUT2D eigenvalue weighted by Crippen LogP contribution is -2.24. The molecular weight excluding hydrogens is 290 g/mol. The number of benzene rings is 1. The molecule has 23 heavy (non-hydrogen) atoms. The number of carbonyl (C=O) groups is 1. The van der Waals surface area contributed by atoms with E-state index in [2.05, 4.69) is 20.6 Å². The van der Waals surface area contributed by atoms with Crippen LogP contribution in [-0.2, 0) is 0 Å². The minimum atomic E-state index is -0.548. The minimum Gasteiger partial charge on any atom is -0.365 e. The molecule has 1 aliphatic rings. The zero-order chi connectivity index (χ0) is 16.1. The molecule has 0 spiro atoms. The summed E-state index contributed by atoms with van der Waals surface area (Å²) in [6.45, 7) is 0. The number of anilines is 3. The molecule has 6 nitrogen and oxygen atoms in total. The van der Waals surface area contributed by atoms with Crippen molar-refractivity contribution in [2.45, 2.75) is 38.1 Å². The van der Waals surface area contributed by atoms with E-state index in [1.807, 2.05) is 30.3 Å². The van der Waals surface area contributed by atoms with Crippen LogP contribution in [0, 0.1) is 0 Å². The van der Waals surface area contributed by atoms with Crippen LogP contribution < -0.4 is 16.4 Å². The van der Waals surface area contributed by atoms with E-state index in [1.54, 1.807) is 0 Å². The Hall–Kier alpha value is -2.63. The predicted molar refractivity (Wildman–Crippen MR) is 90.8 cm³/mol. The molecule has 0 aliphatic heterocycles. The molecule has 0 atom stereocenters. The molecule has 1 aromatic carbocycles. The third-order valence-corrected chi connectivity index (χ3v) is 4.03. The Morgan fingerprint density at radius 2 is 1.87 bits per heavy atom. The second-order valence-corrected chi connectivity index (χ2v) is 5.79. The number of nitrogens with two attached hydrogens (primary N) is 1. The van der Waals surface area contributed by atoms with Crippen LogP contribution in [0.25, 0.3) is 0 Å². The summed E-state index contributed by atoms with van der Waals surface area (Å²) < 4.78 is 0. The zero-order valence-electron chi connectivity index (χ0n) is 13.0. The summed E-state index contributed by atoms with van der Waals surface area (Å²) in [6, 6.07) is 9.95. The van der Waals surface area contributed by atoms with Gasteiger partial charge in [0.15, 0.2) is 0 Å². The lowest BCUT2D eigenvalue weighted by molar-refractivity contribution is 0.100. The fraction of sp³-hybridized carbons (Fsp3) is 0.353. The van der Waals surface area contributed by atoms with Crippen LogP contribution in [0.4, 0.5) is 17.5 Å². The van der Waals surface area contributed by atoms with E-state index in [1.165, 1.54) is 25.5 Å². The van der Waals surface area contributed by atoms with Crippen molar-refractivity contribution in [1.82, 2.24) is 9.97 Å². The number of carbonyl (C=O) groups excluding carboxylic acids is 1. The van der Waals surface area contributed by atoms with Gasteiger partial charge >= 0.3 is 0 Å². The summed E-state index contributed by atoms with van der Waals surface area (Å²) in [6.07, 6.45) is 7.48. The molecule has 1 heterocycles. The van der Waals surface area contributed by atoms with E-state index in [9.17, 15) is 4.79 Å². The Morgan fingerprint density at radius 3 is 2.57 bits per heavy atom. The molecule has 1 aliphatic carbocycles. The third kappa shape index (κ3) is 3.97. The first kappa shape index (κ1) is 15.3. The van der Waals surface area contributed by atoms with E-state index in [0.29, 0.717) is 17.8 Å². The van der Waals surface area contributed by atoms with E-state index in [0.717, 1.165) is 18.5 Å². The van der Waals surface area contributed by atoms with Crippen molar-refractivity contribution in [3.8, 4) is 0 Å². The van der Waals surface area contributed by atoms with Crippen LogP contribution in [0.3, 0.4) is 0 Å². The third-order valence-electron chi connectivity index (χ3n) is 4.03. The van der Waals surface area contributed by atoms with Gasteiger partial charge in [0, 0.05) is 17.9 Å². The molecule has 0 saturated heterocycles. The number of nitrogens with one attached hydrogen (secondary N) is 2. The van der Waals surface area contributed by atoms with Crippen LogP contribution in [0.5, 0.6) is 0 Å². The number of aromatic nitrogens is 2. The highest BCUT2D eigenvalue weighted by Crippen LogP contribution is 2.23. The second kappa shape index (κ2) is 7.09. The van der Waals surface area contributed by atoms with Gasteiger partial charge in [-0.25, -0.2) is 4.98 Å². The maximum Gasteiger partial charge on any atom is 0.254 e. The Labute approximate surface area is 135 Å². The standard InChI is InChI=1S/C17H21N5O/c18-15(23)14-11-19-17(21-13-9-5-2-6-10-13)22-16(14)20-12-7-3-1-4-8-12/h1,3-4,7-8,11,13H,2,5-6,9-10H2,(H2,18,23)(H2,19,20,21,22). The van der Waals surface area contributed by atoms with E-state index in [4.69, 9.17) is 5.73 Å². The van der Waals surface area contributed by atoms with Gasteiger partial charge in [-0.3, -0.25) is 4.79 Å². The summed E-state index contributed by atoms with van der Waals surface area (Å²) in [5.41, 5.74) is 6.55. The molecule has 1 saturated carbocycles. The fourth-order valence-corrected chi connectivity index (χ4v) is 2.81. The van der Waals surface area contributed by atoms with Gasteiger partial charge in [-0.1, -0.05) is 37.5 Å². The predicted octanol–water partition coefficient (Wildman–Crippen LogP) is 3.06. The van der Waals surface area contributed by atoms with Crippen molar-refractivity contribution in [2.75, 3.05) is 10.6 Å². The molecule has 2 aromatic rings. The molecule has 1 fully saturated rings. The quantitative estimate of drug-likeness (QED) is 0.789. The molecule has 1 amide bonds. The van der Waals surface area contributed by atoms with Crippen molar-refractivity contribution in [1.29, 1.82) is 0 Å². The normalized spacial score (nSPS) is 15.1. The molecule has 0 unspecified atom stereocenters. The fourth-order valence-electron chi connectivity index (χ4n) is 2.81. The Balaban J connectivity index is 1.82. The number of hydrogen-bond donors (Lipinski definition) is 3. The molecule has 1 aromatic heterocycles. The molecule has 120 valence electrons. The summed E-state index contributed by atoms with van der Waals surface area (Å²) >= 11 is 0. The van der Waals surface area contributed by atoms with Gasteiger partial charge in [0.2, 0.25) is 5.95 Å². The highest BCUT2D eigenvalue weighted by molar-refractivity contribution is 5.98. The van der Waals surface area contributed by atoms with Gasteiger partial charge in [-0.2, -0.15) is 4.98 Å². The molecular formula is C17H21N5O. The van der Waals surface area contributed by atoms with Crippen LogP contribution >= 0.6 is 0 Å². The molecule has 0 bridgehead atoms. The minimum absolute atomic E-state index is 0.281. The number of para-hydroxylation sites is 1. The number of amides is 1. The monoisotopic (exact) mass is 311 g/mol. The van der Waals surface area contributed by atoms with Crippen molar-refractivity contribution in [3.63, 3.8) is 0 Å². The number of primary amides is 1. The highest BCUT2D eigenvalue weighted by atomic mass is 16.1. The highest BCUT2D eigenvalue weighted by Gasteiger charge is 2.17. The largest absolute Gasteiger partial charge is 0.365 e. The van der Waals surface area contributed by atoms with Crippen LogP contribution in [0.1, 0.15) is 42.5 Å². The van der Waals surface area contributed by atoms with Crippen LogP contribution in [0.2, 0.25) is 0 Å². The van der Waals surface area contributed by atoms with Gasteiger partial charge < -0.3 is 16.4 Å². The average molecular weight is 311 g/mol. The van der Waals surface area contributed by atoms with E-state index < -0.39 is 5.91 Å². The Kier molecular flexibility index (Phi) is 4.71. The first-order valence-corrected chi connectivity index (χ1v) is 7.98. The summed E-state index contributed by atoms with van der Waals surface area (Å²) in [5.74, 6) is 0.407. The summed E-state index contributed by atoms with van der Waals surface area (Å²) in [7, 11) is 0. The molecule has 4 N–H and O–H groups in total. The van der Waals surface area contributed by atoms with Crippen LogP contribution in [0.15, 0.2) is 36.5 Å². The smallest absolute Gasteiger partial charge is 0.254 e. The molecule has 6 heteroatoms. The first-order valence-electron chi connectivity index (χ1n) is 7.98. The number of rotatable bonds is 5. The van der Waals surface area contributed by atoms with E-state index in [-0.39, 0.29) is 5.56 Å². The molecule has 3 rings (SSSR count). The first-order chi connectivity index (χ1) is 11.2. The van der Waals surface area contributed by atoms with Gasteiger partial charge in [-0.05, 0) is 25.0 Å². The Bertz CT molecular complexity index is 668. The lowest BCUT2D eigenvalue weighted by atomic mass is 9.96. The zero-order valence-corrected chi connectivity index (χ0v) is 13.0. The average Bonchev–Trinajstić information content (AvgIpc) is 2.57. The topological polar surface area (TPSA) is 92.9 Å². The maximum absolute atomic E-state index is 11.6. The summed E-state index contributed by atoms with van der Waals surface area (Å²) in [5, 5.41) is 6.50. The summed E-state index contributed by atoms with van der Waals surface area (Å²) in [4.78, 5) is 20.3. The second-order valence-electron chi connectivity index (χ2n) is 5.79. The van der Waals surface area contributed by atoms with Crippen molar-refractivity contribution in [2.24, 2.45) is 5.73 Å². The maximum atomic E-state index is 11.6. The van der Waals surface area contributed by atoms with Gasteiger partial charge in [0.05, 0.1) is 0 Å². The van der Waals surface area contributed by atoms with Crippen LogP contribution in [-0.4, -0.2) is 21.9 Å². The van der Waals surface area contributed by atoms with Crippen molar-refractivity contribution < 1.29 is 4.79 Å². The van der Waals surface area contributed by atoms with E-state index >= 15 is 0 Å². The number of nitrogens with zero attached hydrogens (tertiary/aromatic N) is 2. The lowest BCUT2D eigenvalue weighted by Gasteiger charge is -2.23. The number of hydrogen-bond acceptors (Lipinski definition) is 5. The molecule has 0 radical (unpaired) electrons. The Morgan fingerprint density at radius 1 is 1.13 bits per heavy atom. The van der Waals surface area contributed by atoms with Gasteiger partial charge in [-0.15, -0.1) is 0 Å². The van der Waals surface area contributed by atoms with Crippen molar-refractivity contribution >= 4 is 23.4 Å². The van der Waals surface area contributed by atoms with Gasteiger partial charge in [0.1, 0.15) is 11.4 Å². The van der Waals surface area contributed by atoms with Crippen molar-refractivity contribution in [3.05, 3.63) is 42.1 Å².